The van der Waals surface area contributed by atoms with Crippen molar-refractivity contribution < 1.29 is 14.4 Å². The summed E-state index contributed by atoms with van der Waals surface area (Å²) in [5.41, 5.74) is 5.85. The van der Waals surface area contributed by atoms with Gasteiger partial charge in [-0.15, -0.1) is 11.8 Å². The Morgan fingerprint density at radius 1 is 0.875 bits per heavy atom. The minimum Gasteiger partial charge on any atom is -0.340 e. The molecule has 1 heterocycles. The molecular formula is C33H29ClN2O3S. The number of halogens is 1. The van der Waals surface area contributed by atoms with E-state index in [9.17, 15) is 9.59 Å². The maximum atomic E-state index is 13.6. The van der Waals surface area contributed by atoms with Crippen LogP contribution in [0.4, 0.5) is 0 Å². The van der Waals surface area contributed by atoms with Gasteiger partial charge in [-0.2, -0.15) is 0 Å². The maximum absolute atomic E-state index is 13.6. The van der Waals surface area contributed by atoms with Crippen LogP contribution < -0.4 is 0 Å². The largest absolute Gasteiger partial charge is 0.340 e. The van der Waals surface area contributed by atoms with Gasteiger partial charge in [0.25, 0.3) is 0 Å². The van der Waals surface area contributed by atoms with Gasteiger partial charge in [0.15, 0.2) is 5.78 Å². The van der Waals surface area contributed by atoms with Crippen LogP contribution in [0.25, 0.3) is 21.8 Å². The second kappa shape index (κ2) is 12.1. The molecule has 0 spiro atoms. The van der Waals surface area contributed by atoms with Gasteiger partial charge < -0.3 is 9.40 Å². The van der Waals surface area contributed by atoms with Gasteiger partial charge in [-0.05, 0) is 73.0 Å². The van der Waals surface area contributed by atoms with Gasteiger partial charge in [0.2, 0.25) is 0 Å². The molecule has 5 nitrogen and oxygen atoms in total. The van der Waals surface area contributed by atoms with E-state index in [4.69, 9.17) is 16.4 Å². The highest BCUT2D eigenvalue weighted by Crippen LogP contribution is 2.33. The molecule has 0 aliphatic carbocycles. The Hall–Kier alpha value is -3.87. The highest BCUT2D eigenvalue weighted by molar-refractivity contribution is 7.98. The number of carbonyl (C=O) groups excluding carboxylic acids is 2. The zero-order valence-electron chi connectivity index (χ0n) is 22.6. The number of hydrogen-bond acceptors (Lipinski definition) is 5. The molecule has 0 saturated carbocycles. The fourth-order valence-electron chi connectivity index (χ4n) is 4.79. The molecule has 0 saturated heterocycles. The molecule has 40 heavy (non-hydrogen) atoms. The number of benzene rings is 4. The average Bonchev–Trinajstić information content (AvgIpc) is 3.27. The molecule has 0 aliphatic heterocycles. The first-order valence-electron chi connectivity index (χ1n) is 13.1. The number of aryl methyl sites for hydroxylation is 1. The number of ketones is 1. The SMILES string of the molecule is CCCn1c2ccc(C(=O)c3ccc(SCc4ccccc4)cc3Cl)cc2c2cc(/C(C)=N/OC(C)=O)ccc21. The normalized spacial score (nSPS) is 11.8. The molecule has 202 valence electrons. The van der Waals surface area contributed by atoms with E-state index in [1.807, 2.05) is 66.7 Å². The summed E-state index contributed by atoms with van der Waals surface area (Å²) in [6.45, 7) is 6.11. The van der Waals surface area contributed by atoms with Crippen LogP contribution in [-0.4, -0.2) is 22.0 Å². The Morgan fingerprint density at radius 3 is 2.20 bits per heavy atom. The van der Waals surface area contributed by atoms with Gasteiger partial charge in [0, 0.05) is 57.0 Å². The molecule has 7 heteroatoms. The lowest BCUT2D eigenvalue weighted by Crippen LogP contribution is -2.02. The lowest BCUT2D eigenvalue weighted by molar-refractivity contribution is -0.140. The van der Waals surface area contributed by atoms with Gasteiger partial charge in [-0.1, -0.05) is 60.1 Å². The Balaban J connectivity index is 1.49. The van der Waals surface area contributed by atoms with Gasteiger partial charge in [0.05, 0.1) is 10.7 Å². The molecule has 0 amide bonds. The van der Waals surface area contributed by atoms with Crippen molar-refractivity contribution in [1.82, 2.24) is 4.57 Å². The summed E-state index contributed by atoms with van der Waals surface area (Å²) in [7, 11) is 0. The zero-order valence-corrected chi connectivity index (χ0v) is 24.2. The third-order valence-electron chi connectivity index (χ3n) is 6.74. The quantitative estimate of drug-likeness (QED) is 0.0586. The predicted molar refractivity (Wildman–Crippen MR) is 165 cm³/mol. The van der Waals surface area contributed by atoms with Crippen LogP contribution in [0.5, 0.6) is 0 Å². The van der Waals surface area contributed by atoms with Crippen molar-refractivity contribution in [2.45, 2.75) is 44.4 Å². The molecule has 0 bridgehead atoms. The lowest BCUT2D eigenvalue weighted by atomic mass is 10.0. The van der Waals surface area contributed by atoms with E-state index in [0.717, 1.165) is 51.0 Å². The Morgan fingerprint density at radius 2 is 1.55 bits per heavy atom. The van der Waals surface area contributed by atoms with Crippen molar-refractivity contribution >= 4 is 62.6 Å². The molecule has 5 aromatic rings. The summed E-state index contributed by atoms with van der Waals surface area (Å²) >= 11 is 8.32. The second-order valence-electron chi connectivity index (χ2n) is 9.62. The van der Waals surface area contributed by atoms with Gasteiger partial charge in [-0.3, -0.25) is 4.79 Å². The zero-order chi connectivity index (χ0) is 28.2. The number of carbonyl (C=O) groups is 2. The minimum atomic E-state index is -0.468. The summed E-state index contributed by atoms with van der Waals surface area (Å²) < 4.78 is 2.27. The molecule has 0 aliphatic rings. The van der Waals surface area contributed by atoms with Crippen LogP contribution in [-0.2, 0) is 21.9 Å². The van der Waals surface area contributed by atoms with Gasteiger partial charge >= 0.3 is 5.97 Å². The standard InChI is InChI=1S/C33H29ClN2O3S/c1-4-16-36-31-14-10-24(21(2)35-39-22(3)37)17-28(31)29-18-25(11-15-32(29)36)33(38)27-13-12-26(19-30(27)34)40-20-23-8-6-5-7-9-23/h5-15,17-19H,4,16,20H2,1-3H3/b35-21+. The van der Waals surface area contributed by atoms with E-state index in [2.05, 4.69) is 34.8 Å². The monoisotopic (exact) mass is 568 g/mol. The van der Waals surface area contributed by atoms with Crippen molar-refractivity contribution in [3.8, 4) is 0 Å². The third-order valence-corrected chi connectivity index (χ3v) is 8.11. The first-order valence-corrected chi connectivity index (χ1v) is 14.5. The van der Waals surface area contributed by atoms with Crippen LogP contribution >= 0.6 is 23.4 Å². The van der Waals surface area contributed by atoms with Crippen molar-refractivity contribution in [2.24, 2.45) is 5.16 Å². The number of rotatable bonds is 9. The summed E-state index contributed by atoms with van der Waals surface area (Å²) in [6, 6.07) is 27.8. The number of nitrogens with zero attached hydrogens (tertiary/aromatic N) is 2. The maximum Gasteiger partial charge on any atom is 0.331 e. The number of aromatic nitrogens is 1. The molecule has 0 unspecified atom stereocenters. The summed E-state index contributed by atoms with van der Waals surface area (Å²) in [5.74, 6) is 0.243. The first kappa shape index (κ1) is 27.7. The molecule has 0 fully saturated rings. The lowest BCUT2D eigenvalue weighted by Gasteiger charge is -2.08. The average molecular weight is 569 g/mol. The van der Waals surface area contributed by atoms with Crippen LogP contribution in [0, 0.1) is 0 Å². The third kappa shape index (κ3) is 5.83. The van der Waals surface area contributed by atoms with Crippen LogP contribution in [0.2, 0.25) is 5.02 Å². The summed E-state index contributed by atoms with van der Waals surface area (Å²) in [6.07, 6.45) is 0.971. The number of fused-ring (bicyclic) bond motifs is 3. The van der Waals surface area contributed by atoms with Crippen molar-refractivity contribution in [3.05, 3.63) is 112 Å². The topological polar surface area (TPSA) is 60.7 Å². The molecule has 1 aromatic heterocycles. The molecule has 5 rings (SSSR count). The fourth-order valence-corrected chi connectivity index (χ4v) is 6.01. The van der Waals surface area contributed by atoms with Crippen LogP contribution in [0.1, 0.15) is 54.2 Å². The predicted octanol–water partition coefficient (Wildman–Crippen LogP) is 8.67. The highest BCUT2D eigenvalue weighted by Gasteiger charge is 2.18. The van der Waals surface area contributed by atoms with E-state index >= 15 is 0 Å². The Kier molecular flexibility index (Phi) is 8.38. The fraction of sp³-hybridized carbons (Fsp3) is 0.182. The Labute approximate surface area is 242 Å². The van der Waals surface area contributed by atoms with Crippen molar-refractivity contribution in [2.75, 3.05) is 0 Å². The highest BCUT2D eigenvalue weighted by atomic mass is 35.5. The molecule has 4 aromatic carbocycles. The number of thioether (sulfide) groups is 1. The van der Waals surface area contributed by atoms with Gasteiger partial charge in [0.1, 0.15) is 0 Å². The number of hydrogen-bond donors (Lipinski definition) is 0. The number of oxime groups is 1. The van der Waals surface area contributed by atoms with Crippen molar-refractivity contribution in [1.29, 1.82) is 0 Å². The molecular weight excluding hydrogens is 540 g/mol. The summed E-state index contributed by atoms with van der Waals surface area (Å²) in [5, 5.41) is 6.37. The van der Waals surface area contributed by atoms with E-state index in [-0.39, 0.29) is 5.78 Å². The van der Waals surface area contributed by atoms with E-state index in [1.165, 1.54) is 12.5 Å². The van der Waals surface area contributed by atoms with Crippen LogP contribution in [0.3, 0.4) is 0 Å². The van der Waals surface area contributed by atoms with E-state index in [1.54, 1.807) is 18.7 Å². The van der Waals surface area contributed by atoms with Crippen molar-refractivity contribution in [3.63, 3.8) is 0 Å². The molecule has 0 N–H and O–H groups in total. The van der Waals surface area contributed by atoms with Gasteiger partial charge in [-0.25, -0.2) is 4.79 Å². The van der Waals surface area contributed by atoms with E-state index in [0.29, 0.717) is 21.9 Å². The molecule has 0 radical (unpaired) electrons. The Bertz CT molecular complexity index is 1760. The van der Waals surface area contributed by atoms with Crippen LogP contribution in [0.15, 0.2) is 95.0 Å². The smallest absolute Gasteiger partial charge is 0.331 e. The first-order chi connectivity index (χ1) is 19.4. The molecule has 0 atom stereocenters. The second-order valence-corrected chi connectivity index (χ2v) is 11.1. The van der Waals surface area contributed by atoms with E-state index < -0.39 is 5.97 Å². The summed E-state index contributed by atoms with van der Waals surface area (Å²) in [4.78, 5) is 30.7. The minimum absolute atomic E-state index is 0.119.